The number of aromatic nitrogens is 2. The third kappa shape index (κ3) is 4.36. The molecule has 0 saturated carbocycles. The van der Waals surface area contributed by atoms with Crippen molar-refractivity contribution in [2.75, 3.05) is 25.0 Å². The number of para-hydroxylation sites is 1. The molecule has 146 valence electrons. The summed E-state index contributed by atoms with van der Waals surface area (Å²) in [5.74, 6) is 0.856. The van der Waals surface area contributed by atoms with Crippen LogP contribution in [0.5, 0.6) is 0 Å². The van der Waals surface area contributed by atoms with Gasteiger partial charge in [-0.05, 0) is 42.0 Å². The molecule has 2 N–H and O–H groups in total. The molecule has 3 heterocycles. The van der Waals surface area contributed by atoms with E-state index in [-0.39, 0.29) is 0 Å². The van der Waals surface area contributed by atoms with Crippen molar-refractivity contribution in [3.63, 3.8) is 0 Å². The summed E-state index contributed by atoms with van der Waals surface area (Å²) in [6, 6.07) is 13.1. The number of nitrogens with one attached hydrogen (secondary N) is 2. The number of benzene rings is 1. The molecule has 4 rings (SSSR count). The molecule has 28 heavy (non-hydrogen) atoms. The van der Waals surface area contributed by atoms with Crippen molar-refractivity contribution < 1.29 is 0 Å². The number of guanidine groups is 1. The van der Waals surface area contributed by atoms with Crippen LogP contribution in [0.15, 0.2) is 65.5 Å². The van der Waals surface area contributed by atoms with E-state index in [9.17, 15) is 0 Å². The largest absolute Gasteiger partial charge is 0.363 e. The van der Waals surface area contributed by atoms with Crippen molar-refractivity contribution in [2.24, 2.45) is 4.99 Å². The number of nitrogens with zero attached hydrogens (tertiary/aromatic N) is 4. The van der Waals surface area contributed by atoms with E-state index in [1.807, 2.05) is 41.5 Å². The van der Waals surface area contributed by atoms with Crippen LogP contribution in [-0.4, -0.2) is 41.7 Å². The Morgan fingerprint density at radius 3 is 2.79 bits per heavy atom. The summed E-state index contributed by atoms with van der Waals surface area (Å²) in [4.78, 5) is 11.1. The molecular weight excluding hydrogens is 368 g/mol. The van der Waals surface area contributed by atoms with Crippen LogP contribution < -0.4 is 15.5 Å². The first-order chi connectivity index (χ1) is 13.8. The third-order valence-electron chi connectivity index (χ3n) is 5.10. The lowest BCUT2D eigenvalue weighted by Gasteiger charge is -2.33. The minimum atomic E-state index is 0.450. The fraction of sp³-hybridized carbons (Fsp3) is 0.333. The fourth-order valence-electron chi connectivity index (χ4n) is 3.57. The minimum absolute atomic E-state index is 0.450. The van der Waals surface area contributed by atoms with Gasteiger partial charge in [0.1, 0.15) is 0 Å². The van der Waals surface area contributed by atoms with Crippen LogP contribution in [0.2, 0.25) is 0 Å². The minimum Gasteiger partial charge on any atom is -0.363 e. The Kier molecular flexibility index (Phi) is 5.92. The molecular formula is C21H26N6S. The van der Waals surface area contributed by atoms with E-state index in [1.165, 1.54) is 10.6 Å². The molecule has 2 aromatic heterocycles. The molecule has 6 nitrogen and oxygen atoms in total. The van der Waals surface area contributed by atoms with Gasteiger partial charge in [-0.1, -0.05) is 18.2 Å². The molecule has 1 aliphatic heterocycles. The highest BCUT2D eigenvalue weighted by atomic mass is 32.1. The summed E-state index contributed by atoms with van der Waals surface area (Å²) in [6.07, 6.45) is 7.82. The van der Waals surface area contributed by atoms with E-state index in [2.05, 4.69) is 61.2 Å². The maximum atomic E-state index is 4.42. The Balaban J connectivity index is 1.32. The average Bonchev–Trinajstić information content (AvgIpc) is 3.46. The molecule has 1 saturated heterocycles. The van der Waals surface area contributed by atoms with E-state index in [1.54, 1.807) is 6.20 Å². The van der Waals surface area contributed by atoms with E-state index in [4.69, 9.17) is 0 Å². The van der Waals surface area contributed by atoms with Crippen LogP contribution in [0.4, 0.5) is 5.00 Å². The molecule has 0 amide bonds. The summed E-state index contributed by atoms with van der Waals surface area (Å²) in [5, 5.41) is 10.6. The van der Waals surface area contributed by atoms with Gasteiger partial charge in [0.15, 0.2) is 5.96 Å². The first-order valence-corrected chi connectivity index (χ1v) is 10.5. The molecule has 0 aliphatic carbocycles. The third-order valence-corrected chi connectivity index (χ3v) is 6.03. The van der Waals surface area contributed by atoms with Gasteiger partial charge >= 0.3 is 0 Å². The molecule has 0 bridgehead atoms. The van der Waals surface area contributed by atoms with Crippen molar-refractivity contribution in [1.29, 1.82) is 0 Å². The fourth-order valence-corrected chi connectivity index (χ4v) is 4.36. The maximum absolute atomic E-state index is 4.42. The smallest absolute Gasteiger partial charge is 0.191 e. The van der Waals surface area contributed by atoms with E-state index in [0.717, 1.165) is 37.6 Å². The monoisotopic (exact) mass is 394 g/mol. The van der Waals surface area contributed by atoms with Crippen molar-refractivity contribution >= 4 is 22.3 Å². The van der Waals surface area contributed by atoms with Gasteiger partial charge in [-0.3, -0.25) is 4.99 Å². The molecule has 1 fully saturated rings. The molecule has 1 aliphatic rings. The standard InChI is InChI=1S/C21H26N6S/c1-22-21(25-18-8-11-26(12-9-18)20-7-4-14-28-20)24-15-17-5-2-3-6-19(17)27-13-10-23-16-27/h2-7,10,13-14,16,18H,8-9,11-12,15H2,1H3,(H2,22,24,25). The highest BCUT2D eigenvalue weighted by Gasteiger charge is 2.20. The number of hydrogen-bond acceptors (Lipinski definition) is 4. The lowest BCUT2D eigenvalue weighted by atomic mass is 10.1. The Hall–Kier alpha value is -2.80. The van der Waals surface area contributed by atoms with Gasteiger partial charge in [-0.25, -0.2) is 4.98 Å². The highest BCUT2D eigenvalue weighted by Crippen LogP contribution is 2.24. The second-order valence-corrected chi connectivity index (χ2v) is 7.81. The van der Waals surface area contributed by atoms with Crippen molar-refractivity contribution in [2.45, 2.75) is 25.4 Å². The zero-order valence-corrected chi connectivity index (χ0v) is 16.9. The Labute approximate surface area is 169 Å². The first-order valence-electron chi connectivity index (χ1n) is 9.65. The average molecular weight is 395 g/mol. The molecule has 0 atom stereocenters. The number of rotatable bonds is 5. The Morgan fingerprint density at radius 1 is 1.21 bits per heavy atom. The van der Waals surface area contributed by atoms with Crippen molar-refractivity contribution in [3.8, 4) is 5.69 Å². The molecule has 0 unspecified atom stereocenters. The zero-order chi connectivity index (χ0) is 19.2. The normalized spacial score (nSPS) is 15.6. The predicted octanol–water partition coefficient (Wildman–Crippen LogP) is 3.27. The number of piperidine rings is 1. The number of hydrogen-bond donors (Lipinski definition) is 2. The van der Waals surface area contributed by atoms with E-state index >= 15 is 0 Å². The predicted molar refractivity (Wildman–Crippen MR) is 116 cm³/mol. The first kappa shape index (κ1) is 18.6. The number of thiophene rings is 1. The molecule has 3 aromatic rings. The molecule has 7 heteroatoms. The second-order valence-electron chi connectivity index (χ2n) is 6.88. The highest BCUT2D eigenvalue weighted by molar-refractivity contribution is 7.14. The number of anilines is 1. The molecule has 0 spiro atoms. The van der Waals surface area contributed by atoms with Crippen LogP contribution in [0, 0.1) is 0 Å². The Morgan fingerprint density at radius 2 is 2.07 bits per heavy atom. The van der Waals surface area contributed by atoms with Gasteiger partial charge < -0.3 is 20.1 Å². The van der Waals surface area contributed by atoms with Crippen LogP contribution >= 0.6 is 11.3 Å². The second kappa shape index (κ2) is 8.93. The van der Waals surface area contributed by atoms with Crippen molar-refractivity contribution in [3.05, 3.63) is 66.1 Å². The summed E-state index contributed by atoms with van der Waals surface area (Å²) >= 11 is 1.82. The van der Waals surface area contributed by atoms with Gasteiger partial charge in [0.05, 0.1) is 17.0 Å². The van der Waals surface area contributed by atoms with Crippen LogP contribution in [0.3, 0.4) is 0 Å². The summed E-state index contributed by atoms with van der Waals surface area (Å²) in [5.41, 5.74) is 2.34. The van der Waals surface area contributed by atoms with Crippen molar-refractivity contribution in [1.82, 2.24) is 20.2 Å². The van der Waals surface area contributed by atoms with Crippen LogP contribution in [-0.2, 0) is 6.54 Å². The molecule has 1 aromatic carbocycles. The van der Waals surface area contributed by atoms with Gasteiger partial charge in [0.25, 0.3) is 0 Å². The maximum Gasteiger partial charge on any atom is 0.191 e. The van der Waals surface area contributed by atoms with Crippen LogP contribution in [0.1, 0.15) is 18.4 Å². The topological polar surface area (TPSA) is 57.5 Å². The number of imidazole rings is 1. The zero-order valence-electron chi connectivity index (χ0n) is 16.1. The van der Waals surface area contributed by atoms with Gasteiger partial charge in [-0.15, -0.1) is 11.3 Å². The van der Waals surface area contributed by atoms with Gasteiger partial charge in [0, 0.05) is 45.1 Å². The van der Waals surface area contributed by atoms with E-state index < -0.39 is 0 Å². The lowest BCUT2D eigenvalue weighted by molar-refractivity contribution is 0.463. The van der Waals surface area contributed by atoms with Gasteiger partial charge in [0.2, 0.25) is 0 Å². The van der Waals surface area contributed by atoms with Crippen LogP contribution in [0.25, 0.3) is 5.69 Å². The molecule has 0 radical (unpaired) electrons. The summed E-state index contributed by atoms with van der Waals surface area (Å²) in [7, 11) is 1.83. The summed E-state index contributed by atoms with van der Waals surface area (Å²) in [6.45, 7) is 2.87. The quantitative estimate of drug-likeness (QED) is 0.515. The Bertz CT molecular complexity index is 880. The van der Waals surface area contributed by atoms with E-state index in [0.29, 0.717) is 12.6 Å². The lowest BCUT2D eigenvalue weighted by Crippen LogP contribution is -2.48. The number of aliphatic imine (C=N–C) groups is 1. The summed E-state index contributed by atoms with van der Waals surface area (Å²) < 4.78 is 2.04. The van der Waals surface area contributed by atoms with Gasteiger partial charge in [-0.2, -0.15) is 0 Å². The SMILES string of the molecule is CN=C(NCc1ccccc1-n1ccnc1)NC1CCN(c2cccs2)CC1.